The van der Waals surface area contributed by atoms with E-state index < -0.39 is 10.0 Å². The van der Waals surface area contributed by atoms with Gasteiger partial charge in [-0.1, -0.05) is 11.6 Å². The predicted molar refractivity (Wildman–Crippen MR) is 99.1 cm³/mol. The van der Waals surface area contributed by atoms with E-state index in [0.717, 1.165) is 11.3 Å². The predicted octanol–water partition coefficient (Wildman–Crippen LogP) is 1.03. The third kappa shape index (κ3) is 4.85. The highest BCUT2D eigenvalue weighted by molar-refractivity contribution is 7.91. The number of carbonyl (C=O) groups is 1. The molecular weight excluding hydrogens is 409 g/mol. The third-order valence-electron chi connectivity index (χ3n) is 4.13. The van der Waals surface area contributed by atoms with Crippen LogP contribution in [0.3, 0.4) is 0 Å². The molecule has 3 heterocycles. The molecule has 3 rings (SSSR count). The Morgan fingerprint density at radius 3 is 2.72 bits per heavy atom. The maximum absolute atomic E-state index is 12.7. The minimum atomic E-state index is -3.55. The molecule has 0 saturated carbocycles. The summed E-state index contributed by atoms with van der Waals surface area (Å²) in [6.45, 7) is 3.26. The van der Waals surface area contributed by atoms with Crippen LogP contribution in [0.15, 0.2) is 16.3 Å². The Hall–Kier alpha value is -0.420. The number of rotatable bonds is 3. The molecule has 142 valence electrons. The Morgan fingerprint density at radius 2 is 2.08 bits per heavy atom. The minimum Gasteiger partial charge on any atom is -0.378 e. The van der Waals surface area contributed by atoms with Gasteiger partial charge in [0.15, 0.2) is 0 Å². The van der Waals surface area contributed by atoms with E-state index >= 15 is 0 Å². The van der Waals surface area contributed by atoms with E-state index in [-0.39, 0.29) is 35.1 Å². The normalized spacial score (nSPS) is 22.9. The molecule has 1 aromatic rings. The van der Waals surface area contributed by atoms with E-state index in [1.807, 2.05) is 0 Å². The van der Waals surface area contributed by atoms with Crippen molar-refractivity contribution in [2.75, 3.05) is 45.9 Å². The van der Waals surface area contributed by atoms with Gasteiger partial charge in [0.05, 0.1) is 17.6 Å². The fourth-order valence-corrected chi connectivity index (χ4v) is 5.97. The van der Waals surface area contributed by atoms with Gasteiger partial charge in [0.2, 0.25) is 5.91 Å². The monoisotopic (exact) mass is 429 g/mol. The second-order valence-electron chi connectivity index (χ2n) is 5.72. The molecule has 0 spiro atoms. The van der Waals surface area contributed by atoms with Crippen LogP contribution in [-0.4, -0.2) is 75.5 Å². The molecule has 11 heteroatoms. The minimum absolute atomic E-state index is 0. The van der Waals surface area contributed by atoms with Crippen LogP contribution >= 0.6 is 35.3 Å². The van der Waals surface area contributed by atoms with Crippen molar-refractivity contribution in [1.82, 2.24) is 14.5 Å². The van der Waals surface area contributed by atoms with Crippen molar-refractivity contribution in [3.05, 3.63) is 16.5 Å². The van der Waals surface area contributed by atoms with Crippen LogP contribution in [-0.2, 0) is 19.6 Å². The molecule has 1 N–H and O–H groups in total. The highest BCUT2D eigenvalue weighted by Gasteiger charge is 2.32. The number of carbonyl (C=O) groups excluding carboxylic acids is 1. The zero-order valence-corrected chi connectivity index (χ0v) is 16.7. The van der Waals surface area contributed by atoms with E-state index in [4.69, 9.17) is 16.3 Å². The number of ether oxygens (including phenoxy) is 1. The van der Waals surface area contributed by atoms with E-state index in [1.165, 1.54) is 10.4 Å². The molecule has 0 bridgehead atoms. The SMILES string of the molecule is Cl.O=C(C1COCCN1)N1CCCN(S(=O)(=O)c2ccc(Cl)s2)CC1. The zero-order chi connectivity index (χ0) is 17.2. The highest BCUT2D eigenvalue weighted by atomic mass is 35.5. The number of nitrogens with one attached hydrogen (secondary N) is 1. The molecular formula is C14H21Cl2N3O4S2. The third-order valence-corrected chi connectivity index (χ3v) is 7.73. The van der Waals surface area contributed by atoms with Gasteiger partial charge >= 0.3 is 0 Å². The number of sulfonamides is 1. The standard InChI is InChI=1S/C14H20ClN3O4S2.ClH/c15-12-2-3-13(23-12)24(20,21)18-6-1-5-17(7-8-18)14(19)11-10-22-9-4-16-11;/h2-3,11,16H,1,4-10H2;1H. The van der Waals surface area contributed by atoms with Gasteiger partial charge in [0.25, 0.3) is 10.0 Å². The van der Waals surface area contributed by atoms with E-state index in [2.05, 4.69) is 5.32 Å². The molecule has 2 aliphatic rings. The first-order valence-corrected chi connectivity index (χ1v) is 10.5. The first-order chi connectivity index (χ1) is 11.5. The van der Waals surface area contributed by atoms with Crippen molar-refractivity contribution in [3.8, 4) is 0 Å². The Balaban J connectivity index is 0.00000225. The number of halogens is 2. The van der Waals surface area contributed by atoms with Crippen molar-refractivity contribution in [3.63, 3.8) is 0 Å². The molecule has 1 aromatic heterocycles. The summed E-state index contributed by atoms with van der Waals surface area (Å²) >= 11 is 6.91. The molecule has 2 fully saturated rings. The largest absolute Gasteiger partial charge is 0.378 e. The fraction of sp³-hybridized carbons (Fsp3) is 0.643. The number of nitrogens with zero attached hydrogens (tertiary/aromatic N) is 2. The van der Waals surface area contributed by atoms with Gasteiger partial charge in [-0.15, -0.1) is 23.7 Å². The number of amides is 1. The van der Waals surface area contributed by atoms with Crippen LogP contribution in [0.1, 0.15) is 6.42 Å². The molecule has 1 amide bonds. The molecule has 2 saturated heterocycles. The van der Waals surface area contributed by atoms with Gasteiger partial charge in [-0.05, 0) is 18.6 Å². The van der Waals surface area contributed by atoms with Crippen LogP contribution in [0.5, 0.6) is 0 Å². The summed E-state index contributed by atoms with van der Waals surface area (Å²) in [6, 6.07) is 2.78. The molecule has 0 aromatic carbocycles. The van der Waals surface area contributed by atoms with Crippen LogP contribution in [0.4, 0.5) is 0 Å². The van der Waals surface area contributed by atoms with Crippen LogP contribution in [0, 0.1) is 0 Å². The Morgan fingerprint density at radius 1 is 1.28 bits per heavy atom. The summed E-state index contributed by atoms with van der Waals surface area (Å²) in [7, 11) is -3.55. The lowest BCUT2D eigenvalue weighted by Gasteiger charge is -2.29. The maximum atomic E-state index is 12.7. The van der Waals surface area contributed by atoms with Crippen LogP contribution in [0.25, 0.3) is 0 Å². The second kappa shape index (κ2) is 8.98. The lowest BCUT2D eigenvalue weighted by Crippen LogP contribution is -2.53. The quantitative estimate of drug-likeness (QED) is 0.775. The summed E-state index contributed by atoms with van der Waals surface area (Å²) in [6.07, 6.45) is 0.609. The first-order valence-electron chi connectivity index (χ1n) is 7.84. The molecule has 25 heavy (non-hydrogen) atoms. The van der Waals surface area contributed by atoms with Gasteiger partial charge in [-0.2, -0.15) is 4.31 Å². The van der Waals surface area contributed by atoms with Crippen LogP contribution < -0.4 is 5.32 Å². The van der Waals surface area contributed by atoms with Gasteiger partial charge < -0.3 is 15.0 Å². The van der Waals surface area contributed by atoms with E-state index in [1.54, 1.807) is 11.0 Å². The van der Waals surface area contributed by atoms with Gasteiger partial charge in [0, 0.05) is 32.7 Å². The Kier molecular flexibility index (Phi) is 7.51. The zero-order valence-electron chi connectivity index (χ0n) is 13.5. The number of thiophene rings is 1. The molecule has 0 aliphatic carbocycles. The lowest BCUT2D eigenvalue weighted by atomic mass is 10.2. The maximum Gasteiger partial charge on any atom is 0.252 e. The van der Waals surface area contributed by atoms with Gasteiger partial charge in [0.1, 0.15) is 10.3 Å². The number of hydrogen-bond acceptors (Lipinski definition) is 6. The van der Waals surface area contributed by atoms with Crippen molar-refractivity contribution in [2.45, 2.75) is 16.7 Å². The summed E-state index contributed by atoms with van der Waals surface area (Å²) in [5, 5.41) is 3.15. The fourth-order valence-electron chi connectivity index (χ4n) is 2.86. The molecule has 2 aliphatic heterocycles. The highest BCUT2D eigenvalue weighted by Crippen LogP contribution is 2.28. The average molecular weight is 430 g/mol. The lowest BCUT2D eigenvalue weighted by molar-refractivity contribution is -0.136. The van der Waals surface area contributed by atoms with Gasteiger partial charge in [-0.25, -0.2) is 8.42 Å². The summed E-state index contributed by atoms with van der Waals surface area (Å²) in [4.78, 5) is 14.3. The van der Waals surface area contributed by atoms with E-state index in [0.29, 0.717) is 50.1 Å². The topological polar surface area (TPSA) is 79.0 Å². The van der Waals surface area contributed by atoms with Gasteiger partial charge in [-0.3, -0.25) is 4.79 Å². The van der Waals surface area contributed by atoms with Crippen molar-refractivity contribution in [2.24, 2.45) is 0 Å². The summed E-state index contributed by atoms with van der Waals surface area (Å²) in [5.41, 5.74) is 0. The summed E-state index contributed by atoms with van der Waals surface area (Å²) < 4.78 is 32.8. The molecule has 0 radical (unpaired) electrons. The molecule has 1 unspecified atom stereocenters. The van der Waals surface area contributed by atoms with Crippen molar-refractivity contribution in [1.29, 1.82) is 0 Å². The second-order valence-corrected chi connectivity index (χ2v) is 9.60. The Labute approximate surface area is 162 Å². The molecule has 7 nitrogen and oxygen atoms in total. The first kappa shape index (κ1) is 20.9. The smallest absolute Gasteiger partial charge is 0.252 e. The molecule has 1 atom stereocenters. The van der Waals surface area contributed by atoms with Crippen molar-refractivity contribution < 1.29 is 17.9 Å². The van der Waals surface area contributed by atoms with E-state index in [9.17, 15) is 13.2 Å². The number of morpholine rings is 1. The van der Waals surface area contributed by atoms with Crippen molar-refractivity contribution >= 4 is 51.3 Å². The average Bonchev–Trinajstić information content (AvgIpc) is 2.88. The number of hydrogen-bond donors (Lipinski definition) is 1. The van der Waals surface area contributed by atoms with Crippen LogP contribution in [0.2, 0.25) is 4.34 Å². The summed E-state index contributed by atoms with van der Waals surface area (Å²) in [5.74, 6) is -0.0203. The Bertz CT molecular complexity index is 692.